The first-order valence-corrected chi connectivity index (χ1v) is 6.21. The summed E-state index contributed by atoms with van der Waals surface area (Å²) >= 11 is 0. The second-order valence-corrected chi connectivity index (χ2v) is 4.87. The number of rotatable bonds is 2. The molecule has 2 aromatic heterocycles. The fourth-order valence-corrected chi connectivity index (χ4v) is 2.86. The lowest BCUT2D eigenvalue weighted by atomic mass is 9.73. The molecule has 0 atom stereocenters. The summed E-state index contributed by atoms with van der Waals surface area (Å²) < 4.78 is 2.03. The van der Waals surface area contributed by atoms with Crippen molar-refractivity contribution >= 4 is 5.65 Å². The molecule has 0 aliphatic heterocycles. The lowest BCUT2D eigenvalue weighted by Crippen LogP contribution is -2.39. The Morgan fingerprint density at radius 2 is 2.06 bits per heavy atom. The van der Waals surface area contributed by atoms with Crippen molar-refractivity contribution in [2.45, 2.75) is 37.5 Å². The fraction of sp³-hybridized carbons (Fsp3) is 0.583. The van der Waals surface area contributed by atoms with Gasteiger partial charge in [-0.05, 0) is 12.8 Å². The van der Waals surface area contributed by atoms with Gasteiger partial charge in [-0.2, -0.15) is 0 Å². The third-order valence-electron chi connectivity index (χ3n) is 3.89. The Morgan fingerprint density at radius 1 is 1.24 bits per heavy atom. The molecule has 0 bridgehead atoms. The van der Waals surface area contributed by atoms with Gasteiger partial charge in [0, 0.05) is 24.4 Å². The molecule has 0 saturated heterocycles. The van der Waals surface area contributed by atoms with Crippen LogP contribution in [0.3, 0.4) is 0 Å². The Bertz CT molecular complexity index is 512. The standard InChI is InChI=1S/C12H17N5/c13-9-12(4-2-1-3-5-12)11-16-15-10-8-14-6-7-17(10)11/h6-8H,1-5,9,13H2. The molecule has 1 aliphatic carbocycles. The summed E-state index contributed by atoms with van der Waals surface area (Å²) in [6, 6.07) is 0. The SMILES string of the molecule is NCC1(c2nnc3cnccn23)CCCCC1. The van der Waals surface area contributed by atoms with Crippen LogP contribution in [0.2, 0.25) is 0 Å². The number of nitrogens with two attached hydrogens (primary N) is 1. The number of hydrogen-bond donors (Lipinski definition) is 1. The lowest BCUT2D eigenvalue weighted by Gasteiger charge is -2.34. The number of nitrogens with zero attached hydrogens (tertiary/aromatic N) is 4. The molecule has 0 unspecified atom stereocenters. The minimum Gasteiger partial charge on any atom is -0.329 e. The van der Waals surface area contributed by atoms with E-state index >= 15 is 0 Å². The maximum absolute atomic E-state index is 6.02. The summed E-state index contributed by atoms with van der Waals surface area (Å²) in [7, 11) is 0. The quantitative estimate of drug-likeness (QED) is 0.845. The second kappa shape index (κ2) is 4.07. The summed E-state index contributed by atoms with van der Waals surface area (Å²) in [4.78, 5) is 4.07. The van der Waals surface area contributed by atoms with E-state index in [-0.39, 0.29) is 5.41 Å². The molecular weight excluding hydrogens is 214 g/mol. The Morgan fingerprint density at radius 3 is 2.82 bits per heavy atom. The predicted molar refractivity (Wildman–Crippen MR) is 64.6 cm³/mol. The van der Waals surface area contributed by atoms with Crippen LogP contribution in [0.4, 0.5) is 0 Å². The lowest BCUT2D eigenvalue weighted by molar-refractivity contribution is 0.284. The normalized spacial score (nSPS) is 19.6. The van der Waals surface area contributed by atoms with Gasteiger partial charge in [-0.15, -0.1) is 10.2 Å². The van der Waals surface area contributed by atoms with Crippen molar-refractivity contribution in [3.63, 3.8) is 0 Å². The summed E-state index contributed by atoms with van der Waals surface area (Å²) in [5.74, 6) is 1.01. The molecule has 0 amide bonds. The van der Waals surface area contributed by atoms with Gasteiger partial charge in [0.05, 0.1) is 6.20 Å². The third kappa shape index (κ3) is 1.61. The van der Waals surface area contributed by atoms with Crippen molar-refractivity contribution < 1.29 is 0 Å². The van der Waals surface area contributed by atoms with Gasteiger partial charge < -0.3 is 5.73 Å². The molecule has 2 N–H and O–H groups in total. The first-order chi connectivity index (χ1) is 8.36. The van der Waals surface area contributed by atoms with Crippen LogP contribution >= 0.6 is 0 Å². The zero-order valence-corrected chi connectivity index (χ0v) is 9.84. The van der Waals surface area contributed by atoms with Gasteiger partial charge in [0.25, 0.3) is 0 Å². The molecule has 0 aromatic carbocycles. The Balaban J connectivity index is 2.12. The second-order valence-electron chi connectivity index (χ2n) is 4.87. The maximum Gasteiger partial charge on any atom is 0.179 e. The minimum absolute atomic E-state index is 0.0129. The zero-order chi connectivity index (χ0) is 11.7. The zero-order valence-electron chi connectivity index (χ0n) is 9.84. The van der Waals surface area contributed by atoms with Crippen molar-refractivity contribution in [1.29, 1.82) is 0 Å². The summed E-state index contributed by atoms with van der Waals surface area (Å²) in [5, 5.41) is 8.54. The Hall–Kier alpha value is -1.49. The van der Waals surface area contributed by atoms with Gasteiger partial charge >= 0.3 is 0 Å². The molecule has 2 heterocycles. The van der Waals surface area contributed by atoms with Crippen LogP contribution in [-0.4, -0.2) is 26.1 Å². The van der Waals surface area contributed by atoms with Crippen molar-refractivity contribution in [2.24, 2.45) is 5.73 Å². The minimum atomic E-state index is 0.0129. The van der Waals surface area contributed by atoms with Gasteiger partial charge in [0.15, 0.2) is 5.65 Å². The summed E-state index contributed by atoms with van der Waals surface area (Å²) in [6.07, 6.45) is 11.4. The van der Waals surface area contributed by atoms with Crippen LogP contribution in [0.1, 0.15) is 37.9 Å². The van der Waals surface area contributed by atoms with E-state index in [1.54, 1.807) is 12.4 Å². The third-order valence-corrected chi connectivity index (χ3v) is 3.89. The molecule has 1 saturated carbocycles. The van der Waals surface area contributed by atoms with E-state index < -0.39 is 0 Å². The van der Waals surface area contributed by atoms with Gasteiger partial charge in [-0.3, -0.25) is 9.38 Å². The number of hydrogen-bond acceptors (Lipinski definition) is 4. The monoisotopic (exact) mass is 231 g/mol. The topological polar surface area (TPSA) is 69.1 Å². The van der Waals surface area contributed by atoms with Gasteiger partial charge in [-0.1, -0.05) is 19.3 Å². The predicted octanol–water partition coefficient (Wildman–Crippen LogP) is 1.28. The highest BCUT2D eigenvalue weighted by molar-refractivity contribution is 5.35. The van der Waals surface area contributed by atoms with Crippen LogP contribution in [0.5, 0.6) is 0 Å². The smallest absolute Gasteiger partial charge is 0.179 e. The Labute approximate surface area is 100 Å². The van der Waals surface area contributed by atoms with E-state index in [9.17, 15) is 0 Å². The van der Waals surface area contributed by atoms with Gasteiger partial charge in [0.2, 0.25) is 0 Å². The van der Waals surface area contributed by atoms with Crippen molar-refractivity contribution in [3.8, 4) is 0 Å². The van der Waals surface area contributed by atoms with Crippen molar-refractivity contribution in [3.05, 3.63) is 24.4 Å². The molecule has 1 fully saturated rings. The van der Waals surface area contributed by atoms with E-state index in [1.165, 1.54) is 19.3 Å². The van der Waals surface area contributed by atoms with Gasteiger partial charge in [0.1, 0.15) is 5.82 Å². The first-order valence-electron chi connectivity index (χ1n) is 6.21. The van der Waals surface area contributed by atoms with Crippen LogP contribution in [0, 0.1) is 0 Å². The molecule has 1 aliphatic rings. The molecule has 0 spiro atoms. The van der Waals surface area contributed by atoms with Crippen LogP contribution in [0.25, 0.3) is 5.65 Å². The fourth-order valence-electron chi connectivity index (χ4n) is 2.86. The molecule has 5 nitrogen and oxygen atoms in total. The molecule has 5 heteroatoms. The molecule has 90 valence electrons. The average molecular weight is 231 g/mol. The van der Waals surface area contributed by atoms with Crippen LogP contribution in [0.15, 0.2) is 18.6 Å². The summed E-state index contributed by atoms with van der Waals surface area (Å²) in [5.41, 5.74) is 6.84. The number of aromatic nitrogens is 4. The summed E-state index contributed by atoms with van der Waals surface area (Å²) in [6.45, 7) is 0.649. The Kier molecular flexibility index (Phi) is 2.55. The number of fused-ring (bicyclic) bond motifs is 1. The van der Waals surface area contributed by atoms with Crippen LogP contribution < -0.4 is 5.73 Å². The van der Waals surface area contributed by atoms with Crippen LogP contribution in [-0.2, 0) is 5.41 Å². The van der Waals surface area contributed by atoms with E-state index in [0.717, 1.165) is 24.3 Å². The van der Waals surface area contributed by atoms with E-state index in [4.69, 9.17) is 5.73 Å². The molecule has 0 radical (unpaired) electrons. The van der Waals surface area contributed by atoms with Crippen molar-refractivity contribution in [1.82, 2.24) is 19.6 Å². The highest BCUT2D eigenvalue weighted by Crippen LogP contribution is 2.37. The van der Waals surface area contributed by atoms with Crippen molar-refractivity contribution in [2.75, 3.05) is 6.54 Å². The highest BCUT2D eigenvalue weighted by Gasteiger charge is 2.36. The van der Waals surface area contributed by atoms with E-state index in [2.05, 4.69) is 15.2 Å². The maximum atomic E-state index is 6.02. The molecule has 17 heavy (non-hydrogen) atoms. The molecule has 2 aromatic rings. The largest absolute Gasteiger partial charge is 0.329 e. The highest BCUT2D eigenvalue weighted by atomic mass is 15.3. The van der Waals surface area contributed by atoms with E-state index in [1.807, 2.05) is 10.6 Å². The average Bonchev–Trinajstić information content (AvgIpc) is 2.84. The molecular formula is C12H17N5. The molecule has 3 rings (SSSR count). The first kappa shape index (κ1) is 10.7. The van der Waals surface area contributed by atoms with Gasteiger partial charge in [-0.25, -0.2) is 0 Å². The van der Waals surface area contributed by atoms with E-state index in [0.29, 0.717) is 6.54 Å².